The SMILES string of the molecule is CNCC(C)C(C)NC. The Hall–Kier alpha value is -0.0800. The van der Waals surface area contributed by atoms with Crippen molar-refractivity contribution < 1.29 is 0 Å². The first kappa shape index (κ1) is 8.92. The fourth-order valence-corrected chi connectivity index (χ4v) is 0.783. The van der Waals surface area contributed by atoms with E-state index in [-0.39, 0.29) is 0 Å². The Morgan fingerprint density at radius 1 is 1.22 bits per heavy atom. The van der Waals surface area contributed by atoms with E-state index in [1.165, 1.54) is 0 Å². The minimum atomic E-state index is 0.609. The Morgan fingerprint density at radius 3 is 2.11 bits per heavy atom. The van der Waals surface area contributed by atoms with Gasteiger partial charge in [0.05, 0.1) is 0 Å². The van der Waals surface area contributed by atoms with Crippen LogP contribution in [0.1, 0.15) is 13.8 Å². The zero-order valence-corrected chi connectivity index (χ0v) is 6.86. The van der Waals surface area contributed by atoms with Crippen LogP contribution in [0.4, 0.5) is 0 Å². The maximum Gasteiger partial charge on any atom is 0.00734 e. The molecule has 0 amide bonds. The van der Waals surface area contributed by atoms with Gasteiger partial charge in [0.1, 0.15) is 0 Å². The molecule has 0 aliphatic heterocycles. The lowest BCUT2D eigenvalue weighted by Gasteiger charge is -2.18. The van der Waals surface area contributed by atoms with Gasteiger partial charge < -0.3 is 10.6 Å². The summed E-state index contributed by atoms with van der Waals surface area (Å²) in [5.74, 6) is 0.708. The zero-order valence-electron chi connectivity index (χ0n) is 6.86. The first-order valence-corrected chi connectivity index (χ1v) is 3.54. The lowest BCUT2D eigenvalue weighted by Crippen LogP contribution is -2.34. The summed E-state index contributed by atoms with van der Waals surface area (Å²) in [5.41, 5.74) is 0. The summed E-state index contributed by atoms with van der Waals surface area (Å²) in [6.45, 7) is 5.52. The lowest BCUT2D eigenvalue weighted by molar-refractivity contribution is 0.412. The van der Waals surface area contributed by atoms with Crippen molar-refractivity contribution in [2.24, 2.45) is 5.92 Å². The summed E-state index contributed by atoms with van der Waals surface area (Å²) in [5, 5.41) is 6.35. The smallest absolute Gasteiger partial charge is 0.00734 e. The van der Waals surface area contributed by atoms with Gasteiger partial charge in [-0.25, -0.2) is 0 Å². The van der Waals surface area contributed by atoms with Crippen molar-refractivity contribution in [1.29, 1.82) is 0 Å². The molecule has 2 nitrogen and oxygen atoms in total. The Balaban J connectivity index is 3.32. The molecule has 0 aliphatic carbocycles. The molecule has 9 heavy (non-hydrogen) atoms. The van der Waals surface area contributed by atoms with Crippen molar-refractivity contribution in [3.05, 3.63) is 0 Å². The second-order valence-electron chi connectivity index (χ2n) is 2.61. The number of hydrogen-bond acceptors (Lipinski definition) is 2. The largest absolute Gasteiger partial charge is 0.319 e. The number of hydrogen-bond donors (Lipinski definition) is 2. The minimum Gasteiger partial charge on any atom is -0.319 e. The van der Waals surface area contributed by atoms with E-state index in [1.54, 1.807) is 0 Å². The van der Waals surface area contributed by atoms with Crippen molar-refractivity contribution in [2.45, 2.75) is 19.9 Å². The summed E-state index contributed by atoms with van der Waals surface area (Å²) < 4.78 is 0. The van der Waals surface area contributed by atoms with Crippen molar-refractivity contribution in [2.75, 3.05) is 20.6 Å². The van der Waals surface area contributed by atoms with Gasteiger partial charge in [0.2, 0.25) is 0 Å². The molecule has 2 atom stereocenters. The molecule has 0 saturated heterocycles. The van der Waals surface area contributed by atoms with Gasteiger partial charge in [-0.3, -0.25) is 0 Å². The molecule has 0 saturated carbocycles. The molecule has 56 valence electrons. The molecule has 0 aromatic heterocycles. The van der Waals surface area contributed by atoms with Gasteiger partial charge >= 0.3 is 0 Å². The van der Waals surface area contributed by atoms with Crippen LogP contribution in [0.15, 0.2) is 0 Å². The van der Waals surface area contributed by atoms with E-state index in [4.69, 9.17) is 0 Å². The molecule has 0 heterocycles. The van der Waals surface area contributed by atoms with Gasteiger partial charge in [-0.15, -0.1) is 0 Å². The van der Waals surface area contributed by atoms with E-state index >= 15 is 0 Å². The molecular weight excluding hydrogens is 112 g/mol. The maximum absolute atomic E-state index is 3.21. The summed E-state index contributed by atoms with van der Waals surface area (Å²) in [7, 11) is 3.98. The molecule has 0 rings (SSSR count). The van der Waals surface area contributed by atoms with E-state index in [1.807, 2.05) is 14.1 Å². The predicted octanol–water partition coefficient (Wildman–Crippen LogP) is 0.450. The van der Waals surface area contributed by atoms with Gasteiger partial charge in [0.15, 0.2) is 0 Å². The average Bonchev–Trinajstić information content (AvgIpc) is 1.87. The van der Waals surface area contributed by atoms with Crippen LogP contribution in [0.5, 0.6) is 0 Å². The van der Waals surface area contributed by atoms with Crippen LogP contribution in [0.2, 0.25) is 0 Å². The topological polar surface area (TPSA) is 24.1 Å². The predicted molar refractivity (Wildman–Crippen MR) is 41.6 cm³/mol. The highest BCUT2D eigenvalue weighted by atomic mass is 14.9. The third-order valence-corrected chi connectivity index (χ3v) is 1.83. The van der Waals surface area contributed by atoms with E-state index in [2.05, 4.69) is 24.5 Å². The van der Waals surface area contributed by atoms with Crippen LogP contribution in [-0.2, 0) is 0 Å². The monoisotopic (exact) mass is 130 g/mol. The van der Waals surface area contributed by atoms with E-state index < -0.39 is 0 Å². The molecule has 2 unspecified atom stereocenters. The van der Waals surface area contributed by atoms with Crippen molar-refractivity contribution >= 4 is 0 Å². The van der Waals surface area contributed by atoms with Crippen LogP contribution in [0, 0.1) is 5.92 Å². The van der Waals surface area contributed by atoms with Gasteiger partial charge in [0.25, 0.3) is 0 Å². The van der Waals surface area contributed by atoms with Crippen LogP contribution in [0.25, 0.3) is 0 Å². The molecule has 2 heteroatoms. The highest BCUT2D eigenvalue weighted by molar-refractivity contribution is 4.66. The van der Waals surface area contributed by atoms with Gasteiger partial charge in [-0.05, 0) is 33.5 Å². The standard InChI is InChI=1S/C7H18N2/c1-6(5-8-3)7(2)9-4/h6-9H,5H2,1-4H3. The van der Waals surface area contributed by atoms with Crippen LogP contribution in [0.3, 0.4) is 0 Å². The third-order valence-electron chi connectivity index (χ3n) is 1.83. The van der Waals surface area contributed by atoms with E-state index in [0.717, 1.165) is 6.54 Å². The molecule has 0 fully saturated rings. The summed E-state index contributed by atoms with van der Waals surface area (Å²) in [4.78, 5) is 0. The Labute approximate surface area is 58.0 Å². The Kier molecular flexibility index (Phi) is 4.72. The molecule has 0 radical (unpaired) electrons. The Bertz CT molecular complexity index is 63.9. The van der Waals surface area contributed by atoms with E-state index in [0.29, 0.717) is 12.0 Å². The quantitative estimate of drug-likeness (QED) is 0.577. The molecule has 0 aromatic carbocycles. The fraction of sp³-hybridized carbons (Fsp3) is 1.00. The lowest BCUT2D eigenvalue weighted by atomic mass is 10.0. The minimum absolute atomic E-state index is 0.609. The molecule has 0 bridgehead atoms. The second-order valence-corrected chi connectivity index (χ2v) is 2.61. The molecule has 0 aromatic rings. The number of rotatable bonds is 4. The molecule has 0 spiro atoms. The first-order valence-electron chi connectivity index (χ1n) is 3.54. The van der Waals surface area contributed by atoms with Crippen LogP contribution in [-0.4, -0.2) is 26.7 Å². The van der Waals surface area contributed by atoms with Crippen LogP contribution >= 0.6 is 0 Å². The molecule has 2 N–H and O–H groups in total. The highest BCUT2D eigenvalue weighted by Gasteiger charge is 2.06. The van der Waals surface area contributed by atoms with Gasteiger partial charge in [-0.1, -0.05) is 6.92 Å². The highest BCUT2D eigenvalue weighted by Crippen LogP contribution is 1.98. The fourth-order valence-electron chi connectivity index (χ4n) is 0.783. The Morgan fingerprint density at radius 2 is 1.78 bits per heavy atom. The number of nitrogens with one attached hydrogen (secondary N) is 2. The first-order chi connectivity index (χ1) is 4.22. The van der Waals surface area contributed by atoms with Crippen molar-refractivity contribution in [1.82, 2.24) is 10.6 Å². The summed E-state index contributed by atoms with van der Waals surface area (Å²) >= 11 is 0. The zero-order chi connectivity index (χ0) is 7.28. The average molecular weight is 130 g/mol. The van der Waals surface area contributed by atoms with Gasteiger partial charge in [0, 0.05) is 6.04 Å². The maximum atomic E-state index is 3.21. The summed E-state index contributed by atoms with van der Waals surface area (Å²) in [6.07, 6.45) is 0. The molecule has 0 aliphatic rings. The molecular formula is C7H18N2. The summed E-state index contributed by atoms with van der Waals surface area (Å²) in [6, 6.07) is 0.609. The van der Waals surface area contributed by atoms with Gasteiger partial charge in [-0.2, -0.15) is 0 Å². The third kappa shape index (κ3) is 3.49. The normalized spacial score (nSPS) is 17.3. The van der Waals surface area contributed by atoms with E-state index in [9.17, 15) is 0 Å². The van der Waals surface area contributed by atoms with Crippen LogP contribution < -0.4 is 10.6 Å². The second kappa shape index (κ2) is 4.77. The van der Waals surface area contributed by atoms with Crippen molar-refractivity contribution in [3.63, 3.8) is 0 Å². The van der Waals surface area contributed by atoms with Crippen molar-refractivity contribution in [3.8, 4) is 0 Å².